The minimum atomic E-state index is 0.308. The van der Waals surface area contributed by atoms with E-state index in [1.165, 1.54) is 17.8 Å². The van der Waals surface area contributed by atoms with Gasteiger partial charge in [0.1, 0.15) is 0 Å². The molecule has 0 aromatic heterocycles. The number of benzene rings is 1. The summed E-state index contributed by atoms with van der Waals surface area (Å²) in [6, 6.07) is 9.33. The van der Waals surface area contributed by atoms with Crippen molar-refractivity contribution in [3.8, 4) is 0 Å². The SMILES string of the molecule is CCNC(CCN1CCN(C)c2ccccc21)C(C)(C)C. The molecule has 1 atom stereocenters. The smallest absolute Gasteiger partial charge is 0.0604 e. The predicted molar refractivity (Wildman–Crippen MR) is 93.5 cm³/mol. The van der Waals surface area contributed by atoms with E-state index in [1.54, 1.807) is 0 Å². The molecule has 1 N–H and O–H groups in total. The minimum absolute atomic E-state index is 0.308. The van der Waals surface area contributed by atoms with Crippen LogP contribution in [0.5, 0.6) is 0 Å². The third-order valence-electron chi connectivity index (χ3n) is 4.52. The second-order valence-electron chi connectivity index (χ2n) is 7.16. The molecule has 0 bridgehead atoms. The van der Waals surface area contributed by atoms with Crippen LogP contribution in [0.15, 0.2) is 24.3 Å². The van der Waals surface area contributed by atoms with Gasteiger partial charge in [0.25, 0.3) is 0 Å². The zero-order valence-corrected chi connectivity index (χ0v) is 14.3. The molecular weight excluding hydrogens is 258 g/mol. The van der Waals surface area contributed by atoms with Gasteiger partial charge in [-0.3, -0.25) is 0 Å². The Bertz CT molecular complexity index is 450. The number of hydrogen-bond acceptors (Lipinski definition) is 3. The summed E-state index contributed by atoms with van der Waals surface area (Å²) in [5.41, 5.74) is 3.05. The number of anilines is 2. The Hall–Kier alpha value is -1.22. The fourth-order valence-electron chi connectivity index (χ4n) is 3.17. The summed E-state index contributed by atoms with van der Waals surface area (Å²) >= 11 is 0. The van der Waals surface area contributed by atoms with Gasteiger partial charge >= 0.3 is 0 Å². The summed E-state index contributed by atoms with van der Waals surface area (Å²) in [5, 5.41) is 3.66. The lowest BCUT2D eigenvalue weighted by Gasteiger charge is -2.39. The zero-order valence-electron chi connectivity index (χ0n) is 14.3. The van der Waals surface area contributed by atoms with Crippen LogP contribution in [0.1, 0.15) is 34.1 Å². The number of nitrogens with one attached hydrogen (secondary N) is 1. The molecule has 0 saturated heterocycles. The molecule has 1 aliphatic heterocycles. The normalized spacial score (nSPS) is 16.8. The Morgan fingerprint density at radius 2 is 1.81 bits per heavy atom. The molecule has 0 fully saturated rings. The van der Waals surface area contributed by atoms with Crippen LogP contribution in [0.2, 0.25) is 0 Å². The van der Waals surface area contributed by atoms with Crippen molar-refractivity contribution >= 4 is 11.4 Å². The third kappa shape index (κ3) is 3.91. The molecule has 1 heterocycles. The van der Waals surface area contributed by atoms with Gasteiger partial charge in [-0.25, -0.2) is 0 Å². The van der Waals surface area contributed by atoms with Gasteiger partial charge < -0.3 is 15.1 Å². The highest BCUT2D eigenvalue weighted by Gasteiger charge is 2.26. The molecule has 3 nitrogen and oxygen atoms in total. The molecule has 1 aromatic carbocycles. The van der Waals surface area contributed by atoms with E-state index in [2.05, 4.69) is 74.1 Å². The first-order valence-corrected chi connectivity index (χ1v) is 8.22. The second-order valence-corrected chi connectivity index (χ2v) is 7.16. The Morgan fingerprint density at radius 1 is 1.14 bits per heavy atom. The first-order chi connectivity index (χ1) is 9.93. The number of para-hydroxylation sites is 2. The van der Waals surface area contributed by atoms with Crippen LogP contribution in [0.4, 0.5) is 11.4 Å². The van der Waals surface area contributed by atoms with Gasteiger partial charge in [0.2, 0.25) is 0 Å². The number of rotatable bonds is 5. The van der Waals surface area contributed by atoms with Crippen molar-refractivity contribution in [1.29, 1.82) is 0 Å². The quantitative estimate of drug-likeness (QED) is 0.897. The van der Waals surface area contributed by atoms with Crippen LogP contribution in [0.25, 0.3) is 0 Å². The van der Waals surface area contributed by atoms with E-state index in [1.807, 2.05) is 0 Å². The number of hydrogen-bond donors (Lipinski definition) is 1. The standard InChI is InChI=1S/C18H31N3/c1-6-19-17(18(2,3)4)11-12-21-14-13-20(5)15-9-7-8-10-16(15)21/h7-10,17,19H,6,11-14H2,1-5H3. The lowest BCUT2D eigenvalue weighted by atomic mass is 9.84. The Morgan fingerprint density at radius 3 is 2.43 bits per heavy atom. The summed E-state index contributed by atoms with van der Waals surface area (Å²) in [6.07, 6.45) is 1.19. The molecule has 0 saturated carbocycles. The monoisotopic (exact) mass is 289 g/mol. The van der Waals surface area contributed by atoms with E-state index >= 15 is 0 Å². The van der Waals surface area contributed by atoms with Crippen LogP contribution in [0.3, 0.4) is 0 Å². The molecule has 2 rings (SSSR count). The van der Waals surface area contributed by atoms with Gasteiger partial charge in [-0.1, -0.05) is 39.8 Å². The molecule has 1 aromatic rings. The fourth-order valence-corrected chi connectivity index (χ4v) is 3.17. The largest absolute Gasteiger partial charge is 0.371 e. The molecule has 1 unspecified atom stereocenters. The van der Waals surface area contributed by atoms with Gasteiger partial charge in [-0.15, -0.1) is 0 Å². The van der Waals surface area contributed by atoms with Gasteiger partial charge in [-0.05, 0) is 30.5 Å². The average molecular weight is 289 g/mol. The number of fused-ring (bicyclic) bond motifs is 1. The second kappa shape index (κ2) is 6.69. The Balaban J connectivity index is 2.05. The maximum absolute atomic E-state index is 3.66. The fraction of sp³-hybridized carbons (Fsp3) is 0.667. The van der Waals surface area contributed by atoms with Crippen LogP contribution >= 0.6 is 0 Å². The molecule has 0 spiro atoms. The maximum atomic E-state index is 3.66. The molecule has 3 heteroatoms. The van der Waals surface area contributed by atoms with Gasteiger partial charge in [-0.2, -0.15) is 0 Å². The van der Waals surface area contributed by atoms with Gasteiger partial charge in [0.15, 0.2) is 0 Å². The van der Waals surface area contributed by atoms with Crippen LogP contribution < -0.4 is 15.1 Å². The van der Waals surface area contributed by atoms with Gasteiger partial charge in [0.05, 0.1) is 11.4 Å². The predicted octanol–water partition coefficient (Wildman–Crippen LogP) is 3.36. The number of likely N-dealkylation sites (N-methyl/N-ethyl adjacent to an activating group) is 1. The van der Waals surface area contributed by atoms with Crippen LogP contribution in [0, 0.1) is 5.41 Å². The van der Waals surface area contributed by atoms with Crippen molar-refractivity contribution in [2.24, 2.45) is 5.41 Å². The van der Waals surface area contributed by atoms with Crippen molar-refractivity contribution in [2.75, 3.05) is 43.0 Å². The van der Waals surface area contributed by atoms with Crippen molar-refractivity contribution in [3.63, 3.8) is 0 Å². The summed E-state index contributed by atoms with van der Waals surface area (Å²) in [6.45, 7) is 13.6. The molecule has 0 aliphatic carbocycles. The maximum Gasteiger partial charge on any atom is 0.0604 e. The van der Waals surface area contributed by atoms with Crippen molar-refractivity contribution in [1.82, 2.24) is 5.32 Å². The summed E-state index contributed by atoms with van der Waals surface area (Å²) in [5.74, 6) is 0. The first-order valence-electron chi connectivity index (χ1n) is 8.22. The van der Waals surface area contributed by atoms with E-state index in [9.17, 15) is 0 Å². The molecule has 21 heavy (non-hydrogen) atoms. The summed E-state index contributed by atoms with van der Waals surface area (Å²) in [7, 11) is 2.19. The summed E-state index contributed by atoms with van der Waals surface area (Å²) < 4.78 is 0. The van der Waals surface area contributed by atoms with E-state index in [4.69, 9.17) is 0 Å². The van der Waals surface area contributed by atoms with Crippen molar-refractivity contribution in [3.05, 3.63) is 24.3 Å². The van der Waals surface area contributed by atoms with Gasteiger partial charge in [0, 0.05) is 32.7 Å². The Labute approximate surface area is 130 Å². The first kappa shape index (κ1) is 16.2. The average Bonchev–Trinajstić information content (AvgIpc) is 2.44. The highest BCUT2D eigenvalue weighted by molar-refractivity contribution is 5.73. The third-order valence-corrected chi connectivity index (χ3v) is 4.52. The zero-order chi connectivity index (χ0) is 15.5. The highest BCUT2D eigenvalue weighted by Crippen LogP contribution is 2.32. The number of nitrogens with zero attached hydrogens (tertiary/aromatic N) is 2. The topological polar surface area (TPSA) is 18.5 Å². The molecule has 118 valence electrons. The van der Waals surface area contributed by atoms with Crippen LogP contribution in [-0.2, 0) is 0 Å². The Kier molecular flexibility index (Phi) is 5.15. The molecule has 0 amide bonds. The van der Waals surface area contributed by atoms with Crippen molar-refractivity contribution in [2.45, 2.75) is 40.2 Å². The van der Waals surface area contributed by atoms with E-state index in [-0.39, 0.29) is 0 Å². The molecule has 0 radical (unpaired) electrons. The summed E-state index contributed by atoms with van der Waals surface area (Å²) in [4.78, 5) is 4.91. The lowest BCUT2D eigenvalue weighted by Crippen LogP contribution is -2.45. The minimum Gasteiger partial charge on any atom is -0.371 e. The van der Waals surface area contributed by atoms with E-state index in [0.717, 1.165) is 26.2 Å². The molecule has 1 aliphatic rings. The van der Waals surface area contributed by atoms with E-state index < -0.39 is 0 Å². The lowest BCUT2D eigenvalue weighted by molar-refractivity contribution is 0.259. The molecular formula is C18H31N3. The van der Waals surface area contributed by atoms with Crippen molar-refractivity contribution < 1.29 is 0 Å². The highest BCUT2D eigenvalue weighted by atomic mass is 15.2. The van der Waals surface area contributed by atoms with E-state index in [0.29, 0.717) is 11.5 Å². The van der Waals surface area contributed by atoms with Crippen LogP contribution in [-0.4, -0.2) is 39.3 Å².